The molecule has 4 heteroatoms. The number of thiazole rings is 1. The van der Waals surface area contributed by atoms with Gasteiger partial charge in [0.2, 0.25) is 0 Å². The number of nitrogens with two attached hydrogens (primary N) is 1. The fraction of sp³-hybridized carbons (Fsp3) is 0. The monoisotopic (exact) mass is 216 g/mol. The molecular formula is C11H8N2OS. The average molecular weight is 216 g/mol. The maximum atomic E-state index is 5.81. The van der Waals surface area contributed by atoms with Gasteiger partial charge in [-0.15, -0.1) is 11.3 Å². The standard InChI is InChI=1S/C11H8N2OS/c12-8-3-1-2-7-4-10(14-11(7)8)9-5-15-6-13-9/h1-6H,12H2. The lowest BCUT2D eigenvalue weighted by molar-refractivity contribution is 0.630. The van der Waals surface area contributed by atoms with Gasteiger partial charge in [0, 0.05) is 10.8 Å². The number of furan rings is 1. The van der Waals surface area contributed by atoms with Gasteiger partial charge in [0.05, 0.1) is 11.2 Å². The molecule has 3 aromatic rings. The minimum atomic E-state index is 0.661. The zero-order valence-electron chi connectivity index (χ0n) is 7.81. The molecule has 2 N–H and O–H groups in total. The van der Waals surface area contributed by atoms with E-state index in [2.05, 4.69) is 4.98 Å². The largest absolute Gasteiger partial charge is 0.452 e. The molecule has 0 aliphatic carbocycles. The van der Waals surface area contributed by atoms with Crippen LogP contribution in [-0.4, -0.2) is 4.98 Å². The molecule has 0 saturated heterocycles. The molecule has 3 rings (SSSR count). The van der Waals surface area contributed by atoms with E-state index in [9.17, 15) is 0 Å². The molecule has 0 fully saturated rings. The van der Waals surface area contributed by atoms with Crippen LogP contribution in [0.15, 0.2) is 39.6 Å². The molecule has 2 aromatic heterocycles. The first-order valence-electron chi connectivity index (χ1n) is 4.51. The Balaban J connectivity index is 2.27. The Morgan fingerprint density at radius 2 is 2.27 bits per heavy atom. The highest BCUT2D eigenvalue weighted by atomic mass is 32.1. The number of para-hydroxylation sites is 1. The molecule has 0 atom stereocenters. The number of nitrogens with zero attached hydrogens (tertiary/aromatic N) is 1. The van der Waals surface area contributed by atoms with E-state index < -0.39 is 0 Å². The van der Waals surface area contributed by atoms with Crippen LogP contribution in [0.25, 0.3) is 22.4 Å². The van der Waals surface area contributed by atoms with Crippen LogP contribution in [0.2, 0.25) is 0 Å². The molecule has 15 heavy (non-hydrogen) atoms. The number of aromatic nitrogens is 1. The normalized spacial score (nSPS) is 10.9. The van der Waals surface area contributed by atoms with E-state index in [1.165, 1.54) is 0 Å². The molecule has 0 radical (unpaired) electrons. The number of benzene rings is 1. The van der Waals surface area contributed by atoms with E-state index in [4.69, 9.17) is 10.2 Å². The summed E-state index contributed by atoms with van der Waals surface area (Å²) in [6.45, 7) is 0. The average Bonchev–Trinajstić information content (AvgIpc) is 2.86. The van der Waals surface area contributed by atoms with Crippen LogP contribution in [0.4, 0.5) is 5.69 Å². The lowest BCUT2D eigenvalue weighted by atomic mass is 10.2. The highest BCUT2D eigenvalue weighted by Crippen LogP contribution is 2.30. The van der Waals surface area contributed by atoms with Crippen molar-refractivity contribution in [1.29, 1.82) is 0 Å². The Hall–Kier alpha value is -1.81. The Labute approximate surface area is 90.2 Å². The first-order chi connectivity index (χ1) is 7.34. The SMILES string of the molecule is Nc1cccc2cc(-c3cscn3)oc12. The van der Waals surface area contributed by atoms with Crippen LogP contribution < -0.4 is 5.73 Å². The van der Waals surface area contributed by atoms with Crippen molar-refractivity contribution in [2.45, 2.75) is 0 Å². The van der Waals surface area contributed by atoms with Gasteiger partial charge in [0.15, 0.2) is 11.3 Å². The molecule has 3 nitrogen and oxygen atoms in total. The summed E-state index contributed by atoms with van der Waals surface area (Å²) in [6.07, 6.45) is 0. The summed E-state index contributed by atoms with van der Waals surface area (Å²) in [7, 11) is 0. The number of anilines is 1. The van der Waals surface area contributed by atoms with Crippen molar-refractivity contribution < 1.29 is 4.42 Å². The molecule has 2 heterocycles. The third-order valence-electron chi connectivity index (χ3n) is 2.26. The maximum absolute atomic E-state index is 5.81. The fourth-order valence-electron chi connectivity index (χ4n) is 1.55. The van der Waals surface area contributed by atoms with Gasteiger partial charge in [-0.05, 0) is 12.1 Å². The fourth-order valence-corrected chi connectivity index (χ4v) is 2.09. The third-order valence-corrected chi connectivity index (χ3v) is 2.85. The highest BCUT2D eigenvalue weighted by molar-refractivity contribution is 7.07. The van der Waals surface area contributed by atoms with Crippen LogP contribution in [0, 0.1) is 0 Å². The van der Waals surface area contributed by atoms with Crippen LogP contribution in [0.5, 0.6) is 0 Å². The molecule has 0 unspecified atom stereocenters. The number of rotatable bonds is 1. The molecule has 0 aliphatic rings. The van der Waals surface area contributed by atoms with Crippen LogP contribution in [-0.2, 0) is 0 Å². The number of hydrogen-bond acceptors (Lipinski definition) is 4. The van der Waals surface area contributed by atoms with Crippen molar-refractivity contribution in [2.24, 2.45) is 0 Å². The molecule has 0 saturated carbocycles. The first kappa shape index (κ1) is 8.49. The van der Waals surface area contributed by atoms with E-state index in [1.54, 1.807) is 16.8 Å². The Morgan fingerprint density at radius 1 is 1.33 bits per heavy atom. The highest BCUT2D eigenvalue weighted by Gasteiger charge is 2.08. The molecule has 0 aliphatic heterocycles. The van der Waals surface area contributed by atoms with Crippen molar-refractivity contribution in [3.63, 3.8) is 0 Å². The van der Waals surface area contributed by atoms with Crippen LogP contribution in [0.3, 0.4) is 0 Å². The van der Waals surface area contributed by atoms with Gasteiger partial charge in [0.1, 0.15) is 5.69 Å². The first-order valence-corrected chi connectivity index (χ1v) is 5.45. The van der Waals surface area contributed by atoms with Gasteiger partial charge in [-0.2, -0.15) is 0 Å². The summed E-state index contributed by atoms with van der Waals surface area (Å²) < 4.78 is 5.66. The van der Waals surface area contributed by atoms with E-state index in [1.807, 2.05) is 29.6 Å². The second-order valence-corrected chi connectivity index (χ2v) is 3.97. The predicted molar refractivity (Wildman–Crippen MR) is 61.7 cm³/mol. The van der Waals surface area contributed by atoms with Gasteiger partial charge >= 0.3 is 0 Å². The summed E-state index contributed by atoms with van der Waals surface area (Å²) in [5, 5.41) is 2.96. The molecule has 74 valence electrons. The molecule has 0 spiro atoms. The van der Waals surface area contributed by atoms with Crippen molar-refractivity contribution in [3.8, 4) is 11.5 Å². The summed E-state index contributed by atoms with van der Waals surface area (Å²) in [4.78, 5) is 4.20. The van der Waals surface area contributed by atoms with Gasteiger partial charge in [0.25, 0.3) is 0 Å². The summed E-state index contributed by atoms with van der Waals surface area (Å²) in [5.41, 5.74) is 9.85. The lowest BCUT2D eigenvalue weighted by Gasteiger charge is -1.92. The van der Waals surface area contributed by atoms with E-state index >= 15 is 0 Å². The number of nitrogen functional groups attached to an aromatic ring is 1. The Morgan fingerprint density at radius 3 is 3.00 bits per heavy atom. The lowest BCUT2D eigenvalue weighted by Crippen LogP contribution is -1.82. The van der Waals surface area contributed by atoms with Gasteiger partial charge in [-0.25, -0.2) is 4.98 Å². The van der Waals surface area contributed by atoms with Crippen molar-refractivity contribution in [2.75, 3.05) is 5.73 Å². The van der Waals surface area contributed by atoms with Gasteiger partial charge in [-0.1, -0.05) is 12.1 Å². The van der Waals surface area contributed by atoms with Crippen molar-refractivity contribution >= 4 is 28.0 Å². The molecule has 0 bridgehead atoms. The van der Waals surface area contributed by atoms with E-state index in [0.717, 1.165) is 22.4 Å². The van der Waals surface area contributed by atoms with Gasteiger partial charge in [-0.3, -0.25) is 0 Å². The quantitative estimate of drug-likeness (QED) is 0.636. The summed E-state index contributed by atoms with van der Waals surface area (Å²) in [6, 6.07) is 7.68. The van der Waals surface area contributed by atoms with Crippen LogP contribution >= 0.6 is 11.3 Å². The minimum Gasteiger partial charge on any atom is -0.452 e. The number of hydrogen-bond donors (Lipinski definition) is 1. The minimum absolute atomic E-state index is 0.661. The molecule has 1 aromatic carbocycles. The maximum Gasteiger partial charge on any atom is 0.157 e. The molecule has 0 amide bonds. The third kappa shape index (κ3) is 1.30. The topological polar surface area (TPSA) is 52.0 Å². The molecular weight excluding hydrogens is 208 g/mol. The van der Waals surface area contributed by atoms with Gasteiger partial charge < -0.3 is 10.2 Å². The summed E-state index contributed by atoms with van der Waals surface area (Å²) in [5.74, 6) is 0.768. The predicted octanol–water partition coefficient (Wildman–Crippen LogP) is 3.14. The zero-order chi connectivity index (χ0) is 10.3. The van der Waals surface area contributed by atoms with Crippen LogP contribution in [0.1, 0.15) is 0 Å². The second-order valence-electron chi connectivity index (χ2n) is 3.25. The summed E-state index contributed by atoms with van der Waals surface area (Å²) >= 11 is 1.55. The van der Waals surface area contributed by atoms with E-state index in [-0.39, 0.29) is 0 Å². The zero-order valence-corrected chi connectivity index (χ0v) is 8.62. The van der Waals surface area contributed by atoms with Crippen molar-refractivity contribution in [3.05, 3.63) is 35.2 Å². The number of fused-ring (bicyclic) bond motifs is 1. The Kier molecular flexibility index (Phi) is 1.76. The Bertz CT molecular complexity index is 598. The van der Waals surface area contributed by atoms with Crippen molar-refractivity contribution in [1.82, 2.24) is 4.98 Å². The second kappa shape index (κ2) is 3.10. The van der Waals surface area contributed by atoms with E-state index in [0.29, 0.717) is 5.69 Å². The smallest absolute Gasteiger partial charge is 0.157 e.